The van der Waals surface area contributed by atoms with Crippen molar-refractivity contribution in [1.82, 2.24) is 18.9 Å². The molecule has 0 aliphatic rings. The van der Waals surface area contributed by atoms with Crippen molar-refractivity contribution in [2.24, 2.45) is 0 Å². The van der Waals surface area contributed by atoms with Crippen molar-refractivity contribution in [2.75, 3.05) is 0 Å². The monoisotopic (exact) mass is 194 g/mol. The van der Waals surface area contributed by atoms with Crippen LogP contribution in [0.25, 0.3) is 5.13 Å². The molecule has 2 rings (SSSR count). The summed E-state index contributed by atoms with van der Waals surface area (Å²) in [5.41, 5.74) is 0. The Morgan fingerprint density at radius 2 is 2.38 bits per heavy atom. The molecule has 0 unspecified atom stereocenters. The SMILES string of the molecule is CCc1nsc(-n2ccnc2C)n1. The largest absolute Gasteiger partial charge is 0.278 e. The molecule has 0 saturated heterocycles. The second kappa shape index (κ2) is 3.26. The van der Waals surface area contributed by atoms with Crippen LogP contribution in [0.1, 0.15) is 18.6 Å². The van der Waals surface area contributed by atoms with Crippen LogP contribution >= 0.6 is 11.5 Å². The molecule has 0 aliphatic carbocycles. The van der Waals surface area contributed by atoms with Crippen molar-refractivity contribution in [2.45, 2.75) is 20.3 Å². The first kappa shape index (κ1) is 8.37. The lowest BCUT2D eigenvalue weighted by Crippen LogP contribution is -1.94. The van der Waals surface area contributed by atoms with E-state index in [0.717, 1.165) is 23.2 Å². The molecular formula is C8H10N4S. The molecule has 2 aromatic heterocycles. The zero-order valence-electron chi connectivity index (χ0n) is 7.56. The van der Waals surface area contributed by atoms with Gasteiger partial charge in [-0.3, -0.25) is 4.57 Å². The van der Waals surface area contributed by atoms with E-state index in [-0.39, 0.29) is 0 Å². The van der Waals surface area contributed by atoms with E-state index in [9.17, 15) is 0 Å². The van der Waals surface area contributed by atoms with Gasteiger partial charge in [0.1, 0.15) is 11.6 Å². The summed E-state index contributed by atoms with van der Waals surface area (Å²) < 4.78 is 6.16. The summed E-state index contributed by atoms with van der Waals surface area (Å²) in [7, 11) is 0. The van der Waals surface area contributed by atoms with Crippen molar-refractivity contribution < 1.29 is 0 Å². The Morgan fingerprint density at radius 3 is 2.92 bits per heavy atom. The Bertz CT molecular complexity index is 404. The summed E-state index contributed by atoms with van der Waals surface area (Å²) in [6.45, 7) is 4.00. The summed E-state index contributed by atoms with van der Waals surface area (Å²) in [6.07, 6.45) is 4.54. The van der Waals surface area contributed by atoms with Crippen LogP contribution in [0.4, 0.5) is 0 Å². The van der Waals surface area contributed by atoms with Crippen LogP contribution < -0.4 is 0 Å². The van der Waals surface area contributed by atoms with E-state index in [2.05, 4.69) is 14.3 Å². The molecule has 0 spiro atoms. The summed E-state index contributed by atoms with van der Waals surface area (Å²) >= 11 is 1.41. The summed E-state index contributed by atoms with van der Waals surface area (Å²) in [5.74, 6) is 1.84. The lowest BCUT2D eigenvalue weighted by Gasteiger charge is -1.95. The van der Waals surface area contributed by atoms with Crippen LogP contribution in [0.5, 0.6) is 0 Å². The Kier molecular flexibility index (Phi) is 2.10. The Balaban J connectivity index is 2.41. The van der Waals surface area contributed by atoms with Gasteiger partial charge in [0.15, 0.2) is 0 Å². The fourth-order valence-electron chi connectivity index (χ4n) is 1.07. The van der Waals surface area contributed by atoms with Gasteiger partial charge in [-0.2, -0.15) is 4.37 Å². The molecule has 2 aromatic rings. The van der Waals surface area contributed by atoms with Gasteiger partial charge in [-0.15, -0.1) is 0 Å². The van der Waals surface area contributed by atoms with E-state index in [1.807, 2.05) is 24.6 Å². The molecule has 0 amide bonds. The van der Waals surface area contributed by atoms with E-state index in [1.165, 1.54) is 11.5 Å². The normalized spacial score (nSPS) is 10.6. The fourth-order valence-corrected chi connectivity index (χ4v) is 1.85. The zero-order chi connectivity index (χ0) is 9.26. The van der Waals surface area contributed by atoms with E-state index < -0.39 is 0 Å². The molecule has 0 bridgehead atoms. The molecule has 0 fully saturated rings. The van der Waals surface area contributed by atoms with Crippen LogP contribution in [0, 0.1) is 6.92 Å². The minimum Gasteiger partial charge on any atom is -0.278 e. The highest BCUT2D eigenvalue weighted by Crippen LogP contribution is 2.12. The minimum absolute atomic E-state index is 0.879. The maximum atomic E-state index is 4.36. The second-order valence-electron chi connectivity index (χ2n) is 2.69. The van der Waals surface area contributed by atoms with E-state index in [4.69, 9.17) is 0 Å². The van der Waals surface area contributed by atoms with Gasteiger partial charge >= 0.3 is 0 Å². The lowest BCUT2D eigenvalue weighted by atomic mass is 10.5. The first-order valence-corrected chi connectivity index (χ1v) is 4.91. The fraction of sp³-hybridized carbons (Fsp3) is 0.375. The third kappa shape index (κ3) is 1.47. The Hall–Kier alpha value is -1.23. The van der Waals surface area contributed by atoms with Crippen molar-refractivity contribution in [3.8, 4) is 5.13 Å². The first-order valence-electron chi connectivity index (χ1n) is 4.14. The third-order valence-corrected chi connectivity index (χ3v) is 2.56. The number of imidazole rings is 1. The number of rotatable bonds is 2. The van der Waals surface area contributed by atoms with Gasteiger partial charge in [-0.05, 0) is 6.92 Å². The molecule has 5 heteroatoms. The van der Waals surface area contributed by atoms with Crippen LogP contribution in [0.2, 0.25) is 0 Å². The highest BCUT2D eigenvalue weighted by atomic mass is 32.1. The predicted molar refractivity (Wildman–Crippen MR) is 51.1 cm³/mol. The van der Waals surface area contributed by atoms with Gasteiger partial charge in [0.25, 0.3) is 0 Å². The standard InChI is InChI=1S/C8H10N4S/c1-3-7-10-8(13-11-7)12-5-4-9-6(12)2/h4-5H,3H2,1-2H3. The molecule has 0 radical (unpaired) electrons. The van der Waals surface area contributed by atoms with Gasteiger partial charge < -0.3 is 0 Å². The quantitative estimate of drug-likeness (QED) is 0.729. The minimum atomic E-state index is 0.879. The average molecular weight is 194 g/mol. The van der Waals surface area contributed by atoms with Gasteiger partial charge in [-0.25, -0.2) is 9.97 Å². The average Bonchev–Trinajstić information content (AvgIpc) is 2.71. The van der Waals surface area contributed by atoms with Crippen molar-refractivity contribution in [1.29, 1.82) is 0 Å². The Morgan fingerprint density at radius 1 is 1.54 bits per heavy atom. The molecule has 68 valence electrons. The maximum Gasteiger partial charge on any atom is 0.214 e. The number of aryl methyl sites for hydroxylation is 2. The van der Waals surface area contributed by atoms with Crippen LogP contribution in [0.3, 0.4) is 0 Å². The predicted octanol–water partition coefficient (Wildman–Crippen LogP) is 1.59. The smallest absolute Gasteiger partial charge is 0.214 e. The number of nitrogens with zero attached hydrogens (tertiary/aromatic N) is 4. The molecular weight excluding hydrogens is 184 g/mol. The molecule has 0 aromatic carbocycles. The molecule has 2 heterocycles. The van der Waals surface area contributed by atoms with Crippen LogP contribution in [-0.4, -0.2) is 18.9 Å². The zero-order valence-corrected chi connectivity index (χ0v) is 8.38. The first-order chi connectivity index (χ1) is 6.31. The van der Waals surface area contributed by atoms with E-state index in [0.29, 0.717) is 0 Å². The molecule has 4 nitrogen and oxygen atoms in total. The third-order valence-electron chi connectivity index (χ3n) is 1.81. The molecule has 0 saturated carbocycles. The molecule has 0 atom stereocenters. The van der Waals surface area contributed by atoms with E-state index in [1.54, 1.807) is 6.20 Å². The summed E-state index contributed by atoms with van der Waals surface area (Å²) in [4.78, 5) is 8.49. The number of aromatic nitrogens is 4. The van der Waals surface area contributed by atoms with Crippen molar-refractivity contribution in [3.05, 3.63) is 24.0 Å². The number of hydrogen-bond donors (Lipinski definition) is 0. The van der Waals surface area contributed by atoms with Crippen molar-refractivity contribution in [3.63, 3.8) is 0 Å². The van der Waals surface area contributed by atoms with Gasteiger partial charge in [0.2, 0.25) is 5.13 Å². The second-order valence-corrected chi connectivity index (χ2v) is 3.42. The molecule has 0 aliphatic heterocycles. The lowest BCUT2D eigenvalue weighted by molar-refractivity contribution is 0.924. The van der Waals surface area contributed by atoms with Gasteiger partial charge in [-0.1, -0.05) is 6.92 Å². The highest BCUT2D eigenvalue weighted by molar-refractivity contribution is 7.08. The molecule has 0 N–H and O–H groups in total. The highest BCUT2D eigenvalue weighted by Gasteiger charge is 2.05. The topological polar surface area (TPSA) is 43.6 Å². The van der Waals surface area contributed by atoms with Crippen molar-refractivity contribution >= 4 is 11.5 Å². The Labute approximate surface area is 80.4 Å². The molecule has 13 heavy (non-hydrogen) atoms. The summed E-state index contributed by atoms with van der Waals surface area (Å²) in [6, 6.07) is 0. The number of hydrogen-bond acceptors (Lipinski definition) is 4. The van der Waals surface area contributed by atoms with Gasteiger partial charge in [0.05, 0.1) is 0 Å². The van der Waals surface area contributed by atoms with E-state index >= 15 is 0 Å². The summed E-state index contributed by atoms with van der Waals surface area (Å²) in [5, 5.41) is 0.895. The van der Waals surface area contributed by atoms with Crippen LogP contribution in [0.15, 0.2) is 12.4 Å². The van der Waals surface area contributed by atoms with Crippen LogP contribution in [-0.2, 0) is 6.42 Å². The maximum absolute atomic E-state index is 4.36. The van der Waals surface area contributed by atoms with Gasteiger partial charge in [0, 0.05) is 30.3 Å².